The van der Waals surface area contributed by atoms with Gasteiger partial charge in [-0.1, -0.05) is 0 Å². The van der Waals surface area contributed by atoms with Crippen molar-refractivity contribution in [3.8, 4) is 0 Å². The van der Waals surface area contributed by atoms with Gasteiger partial charge in [-0.2, -0.15) is 0 Å². The lowest BCUT2D eigenvalue weighted by molar-refractivity contribution is -0.136. The minimum atomic E-state index is -1.79. The Bertz CT molecular complexity index is 517. The van der Waals surface area contributed by atoms with Crippen LogP contribution in [0.25, 0.3) is 0 Å². The second-order valence-corrected chi connectivity index (χ2v) is 7.06. The molecule has 14 N–H and O–H groups in total. The lowest BCUT2D eigenvalue weighted by Crippen LogP contribution is -2.46. The number of aliphatic hydroxyl groups excluding tert-OH is 14. The van der Waals surface area contributed by atoms with Crippen LogP contribution in [0.5, 0.6) is 0 Å². The molecule has 0 saturated heterocycles. The molecule has 0 aliphatic rings. The van der Waals surface area contributed by atoms with Crippen LogP contribution < -0.4 is 0 Å². The van der Waals surface area contributed by atoms with Gasteiger partial charge in [-0.15, -0.1) is 0 Å². The summed E-state index contributed by atoms with van der Waals surface area (Å²) in [5, 5.41) is 122. The van der Waals surface area contributed by atoms with E-state index >= 15 is 0 Å². The molecular weight excluding hydrogens is 488 g/mol. The standard InChI is InChI=1S/2C6H12O6.C6H12O5/c2*7-1-3(9)5(11)6(12)4(10)2-8;1-3(8)5(10)6(11)4(9)2-7/h2*1,3-6,8-12H,2H2;2-6,8-11H,1H3/t3-,4+,5+,6-;3-,4-,5-,6-;3-,4+,5+,6-/m010/s1. The van der Waals surface area contributed by atoms with E-state index < -0.39 is 86.5 Å². The fraction of sp³-hybridized carbons (Fsp3) is 0.833. The highest BCUT2D eigenvalue weighted by Crippen LogP contribution is 2.04. The van der Waals surface area contributed by atoms with Gasteiger partial charge in [0.1, 0.15) is 67.1 Å². The Labute approximate surface area is 199 Å². The number of rotatable bonds is 14. The number of carbonyl (C=O) groups excluding carboxylic acids is 3. The van der Waals surface area contributed by atoms with Crippen LogP contribution in [-0.2, 0) is 14.4 Å². The van der Waals surface area contributed by atoms with Gasteiger partial charge in [0.2, 0.25) is 0 Å². The average molecular weight is 524 g/mol. The van der Waals surface area contributed by atoms with E-state index in [2.05, 4.69) is 0 Å². The van der Waals surface area contributed by atoms with Crippen molar-refractivity contribution in [1.29, 1.82) is 0 Å². The number of hydrogen-bond donors (Lipinski definition) is 14. The summed E-state index contributed by atoms with van der Waals surface area (Å²) in [4.78, 5) is 29.7. The highest BCUT2D eigenvalue weighted by Gasteiger charge is 2.30. The maximum Gasteiger partial charge on any atom is 0.151 e. The first-order valence-electron chi connectivity index (χ1n) is 9.83. The lowest BCUT2D eigenvalue weighted by Gasteiger charge is -2.22. The molecular formula is C18H36O17. The average Bonchev–Trinajstić information content (AvgIpc) is 2.88. The topological polar surface area (TPSA) is 334 Å². The summed E-state index contributed by atoms with van der Waals surface area (Å²) >= 11 is 0. The zero-order valence-electron chi connectivity index (χ0n) is 18.6. The van der Waals surface area contributed by atoms with Gasteiger partial charge in [0.05, 0.1) is 19.3 Å². The Kier molecular flexibility index (Phi) is 22.4. The van der Waals surface area contributed by atoms with E-state index in [0.717, 1.165) is 0 Å². The second-order valence-electron chi connectivity index (χ2n) is 7.06. The molecule has 0 aromatic carbocycles. The maximum absolute atomic E-state index is 9.90. The predicted octanol–water partition coefficient (Wildman–Crippen LogP) is -9.11. The molecule has 0 aromatic rings. The first-order chi connectivity index (χ1) is 16.1. The Morgan fingerprint density at radius 3 is 0.857 bits per heavy atom. The highest BCUT2D eigenvalue weighted by atomic mass is 16.4. The van der Waals surface area contributed by atoms with Gasteiger partial charge in [0, 0.05) is 0 Å². The lowest BCUT2D eigenvalue weighted by atomic mass is 10.0. The maximum atomic E-state index is 9.90. The van der Waals surface area contributed by atoms with Crippen molar-refractivity contribution in [2.24, 2.45) is 0 Å². The van der Waals surface area contributed by atoms with Gasteiger partial charge in [-0.05, 0) is 6.92 Å². The number of aldehydes is 3. The molecule has 210 valence electrons. The molecule has 17 nitrogen and oxygen atoms in total. The van der Waals surface area contributed by atoms with Gasteiger partial charge in [-0.3, -0.25) is 0 Å². The van der Waals surface area contributed by atoms with Crippen LogP contribution in [0.15, 0.2) is 0 Å². The largest absolute Gasteiger partial charge is 0.394 e. The predicted molar refractivity (Wildman–Crippen MR) is 110 cm³/mol. The molecule has 0 fully saturated rings. The van der Waals surface area contributed by atoms with Gasteiger partial charge < -0.3 is 85.9 Å². The molecule has 0 amide bonds. The van der Waals surface area contributed by atoms with E-state index in [9.17, 15) is 14.4 Å². The number of carbonyl (C=O) groups is 3. The molecule has 0 aromatic heterocycles. The molecule has 0 spiro atoms. The van der Waals surface area contributed by atoms with Crippen LogP contribution in [0.3, 0.4) is 0 Å². The smallest absolute Gasteiger partial charge is 0.151 e. The van der Waals surface area contributed by atoms with Gasteiger partial charge in [0.15, 0.2) is 18.9 Å². The highest BCUT2D eigenvalue weighted by molar-refractivity contribution is 5.57. The SMILES string of the molecule is C[C@H](O)[C@@H](O)[C@@H](O)[C@H](O)C=O.O=C[C@@H](O)[C@@H](O)[C@H](O)[C@H](O)CO.O=C[C@H](O)[C@@H](O)[C@@H](O)[C@H](O)CO. The molecule has 0 aliphatic carbocycles. The first-order valence-corrected chi connectivity index (χ1v) is 9.83. The van der Waals surface area contributed by atoms with Crippen molar-refractivity contribution in [3.63, 3.8) is 0 Å². The molecule has 0 rings (SSSR count). The Balaban J connectivity index is -0.000000439. The molecule has 0 heterocycles. The van der Waals surface area contributed by atoms with Crippen LogP contribution in [-0.4, -0.2) is 177 Å². The molecule has 0 bridgehead atoms. The summed E-state index contributed by atoms with van der Waals surface area (Å²) in [5.74, 6) is 0. The van der Waals surface area contributed by atoms with Crippen molar-refractivity contribution < 1.29 is 85.9 Å². The van der Waals surface area contributed by atoms with E-state index in [1.54, 1.807) is 0 Å². The van der Waals surface area contributed by atoms with E-state index in [-0.39, 0.29) is 18.9 Å². The minimum absolute atomic E-state index is 0.0258. The van der Waals surface area contributed by atoms with Crippen LogP contribution >= 0.6 is 0 Å². The molecule has 0 aliphatic heterocycles. The summed E-state index contributed by atoms with van der Waals surface area (Å²) in [5.41, 5.74) is 0. The second kappa shape index (κ2) is 20.6. The fourth-order valence-electron chi connectivity index (χ4n) is 1.80. The Morgan fingerprint density at radius 2 is 0.686 bits per heavy atom. The van der Waals surface area contributed by atoms with E-state index in [1.807, 2.05) is 0 Å². The van der Waals surface area contributed by atoms with Crippen molar-refractivity contribution >= 4 is 18.9 Å². The minimum Gasteiger partial charge on any atom is -0.394 e. The summed E-state index contributed by atoms with van der Waals surface area (Å²) in [7, 11) is 0. The molecule has 0 unspecified atom stereocenters. The van der Waals surface area contributed by atoms with Gasteiger partial charge in [-0.25, -0.2) is 0 Å². The zero-order valence-corrected chi connectivity index (χ0v) is 18.6. The van der Waals surface area contributed by atoms with Crippen LogP contribution in [0.1, 0.15) is 6.92 Å². The van der Waals surface area contributed by atoms with E-state index in [4.69, 9.17) is 71.5 Å². The van der Waals surface area contributed by atoms with Crippen LogP contribution in [0.2, 0.25) is 0 Å². The number of hydrogen-bond acceptors (Lipinski definition) is 17. The third-order valence-corrected chi connectivity index (χ3v) is 4.17. The molecule has 35 heavy (non-hydrogen) atoms. The summed E-state index contributed by atoms with van der Waals surface area (Å²) < 4.78 is 0. The van der Waals surface area contributed by atoms with Gasteiger partial charge >= 0.3 is 0 Å². The van der Waals surface area contributed by atoms with Crippen molar-refractivity contribution in [3.05, 3.63) is 0 Å². The van der Waals surface area contributed by atoms with Crippen LogP contribution in [0.4, 0.5) is 0 Å². The fourth-order valence-corrected chi connectivity index (χ4v) is 1.80. The van der Waals surface area contributed by atoms with Gasteiger partial charge in [0.25, 0.3) is 0 Å². The zero-order chi connectivity index (χ0) is 28.5. The molecule has 12 atom stereocenters. The van der Waals surface area contributed by atoms with E-state index in [0.29, 0.717) is 0 Å². The molecule has 17 heteroatoms. The first kappa shape index (κ1) is 38.0. The van der Waals surface area contributed by atoms with Crippen molar-refractivity contribution in [2.75, 3.05) is 13.2 Å². The third-order valence-electron chi connectivity index (χ3n) is 4.17. The van der Waals surface area contributed by atoms with Crippen molar-refractivity contribution in [1.82, 2.24) is 0 Å². The van der Waals surface area contributed by atoms with Crippen molar-refractivity contribution in [2.45, 2.75) is 80.2 Å². The van der Waals surface area contributed by atoms with E-state index in [1.165, 1.54) is 6.92 Å². The molecule has 0 radical (unpaired) electrons. The summed E-state index contributed by atoms with van der Waals surface area (Å²) in [6.45, 7) is -0.279. The molecule has 0 saturated carbocycles. The Morgan fingerprint density at radius 1 is 0.457 bits per heavy atom. The third kappa shape index (κ3) is 15.2. The number of aliphatic hydroxyl groups is 14. The monoisotopic (exact) mass is 524 g/mol. The summed E-state index contributed by atoms with van der Waals surface area (Å²) in [6, 6.07) is 0. The quantitative estimate of drug-likeness (QED) is 0.0937. The summed E-state index contributed by atoms with van der Waals surface area (Å²) in [6.07, 6.45) is -19.6. The Hall–Kier alpha value is -1.55. The van der Waals surface area contributed by atoms with Crippen LogP contribution in [0, 0.1) is 0 Å². The normalized spacial score (nSPS) is 21.3.